The average molecular weight is 338 g/mol. The van der Waals surface area contributed by atoms with Gasteiger partial charge in [0.25, 0.3) is 5.69 Å². The molecule has 0 spiro atoms. The van der Waals surface area contributed by atoms with Gasteiger partial charge in [-0.1, -0.05) is 12.1 Å². The summed E-state index contributed by atoms with van der Waals surface area (Å²) in [5, 5.41) is 0. The molecule has 2 aromatic rings. The summed E-state index contributed by atoms with van der Waals surface area (Å²) >= 11 is 6.53. The molecule has 21 heavy (non-hydrogen) atoms. The Morgan fingerprint density at radius 2 is 1.29 bits per heavy atom. The fourth-order valence-corrected chi connectivity index (χ4v) is 5.93. The van der Waals surface area contributed by atoms with Crippen molar-refractivity contribution in [2.24, 2.45) is 0 Å². The maximum Gasteiger partial charge on any atom is 0.299 e. The highest BCUT2D eigenvalue weighted by Gasteiger charge is 2.18. The molecule has 5 heteroatoms. The van der Waals surface area contributed by atoms with Crippen LogP contribution in [-0.2, 0) is 11.8 Å². The van der Waals surface area contributed by atoms with Gasteiger partial charge < -0.3 is 9.42 Å². The number of rotatable bonds is 4. The first-order chi connectivity index (χ1) is 9.73. The summed E-state index contributed by atoms with van der Waals surface area (Å²) in [4.78, 5) is 11.4. The molecule has 0 saturated carbocycles. The molecule has 0 aliphatic carbocycles. The van der Waals surface area contributed by atoms with E-state index in [2.05, 4.69) is 12.1 Å². The molecule has 0 radical (unpaired) electrons. The van der Waals surface area contributed by atoms with Crippen molar-refractivity contribution in [2.45, 2.75) is 32.6 Å². The zero-order chi connectivity index (χ0) is 15.6. The van der Waals surface area contributed by atoms with Crippen molar-refractivity contribution in [3.63, 3.8) is 0 Å². The Labute approximate surface area is 135 Å². The Balaban J connectivity index is 2.20. The van der Waals surface area contributed by atoms with E-state index in [0.717, 1.165) is 27.1 Å². The van der Waals surface area contributed by atoms with Gasteiger partial charge in [-0.05, 0) is 97.4 Å². The van der Waals surface area contributed by atoms with Gasteiger partial charge in [-0.15, -0.1) is 0 Å². The lowest BCUT2D eigenvalue weighted by atomic mass is 10.1. The van der Waals surface area contributed by atoms with Crippen molar-refractivity contribution in [1.82, 2.24) is 0 Å². The Morgan fingerprint density at radius 1 is 0.857 bits per heavy atom. The van der Waals surface area contributed by atoms with Gasteiger partial charge in [0.15, 0.2) is 0 Å². The highest BCUT2D eigenvalue weighted by atomic mass is 32.9. The molecule has 0 amide bonds. The van der Waals surface area contributed by atoms with Crippen molar-refractivity contribution in [3.05, 3.63) is 58.7 Å². The topological polar surface area (TPSA) is 29.5 Å². The first-order valence-electron chi connectivity index (χ1n) is 6.62. The van der Waals surface area contributed by atoms with Gasteiger partial charge in [-0.2, -0.15) is 0 Å². The number of aryl methyl sites for hydroxylation is 4. The highest BCUT2D eigenvalue weighted by molar-refractivity contribution is 8.67. The second-order valence-electron chi connectivity index (χ2n) is 5.30. The molecule has 0 aliphatic rings. The minimum absolute atomic E-state index is 0.634. The molecule has 0 fully saturated rings. The molecule has 1 atom stereocenters. The Kier molecular flexibility index (Phi) is 5.15. The third-order valence-corrected chi connectivity index (χ3v) is 6.39. The molecule has 1 N–H and O–H groups in total. The quantitative estimate of drug-likeness (QED) is 0.765. The Bertz CT molecular complexity index is 615. The monoisotopic (exact) mass is 338 g/mol. The molecular weight excluding hydrogens is 319 g/mol. The molecular formula is C16H19O2PS2. The summed E-state index contributed by atoms with van der Waals surface area (Å²) in [7, 11) is 0. The van der Waals surface area contributed by atoms with E-state index in [1.807, 2.05) is 52.0 Å². The second kappa shape index (κ2) is 6.53. The van der Waals surface area contributed by atoms with Gasteiger partial charge in [0.2, 0.25) is 0 Å². The van der Waals surface area contributed by atoms with Gasteiger partial charge in [0.1, 0.15) is 5.75 Å². The molecule has 0 aliphatic heterocycles. The van der Waals surface area contributed by atoms with Crippen molar-refractivity contribution in [1.29, 1.82) is 0 Å². The van der Waals surface area contributed by atoms with Crippen LogP contribution in [0.1, 0.15) is 22.3 Å². The van der Waals surface area contributed by atoms with Crippen LogP contribution in [0.25, 0.3) is 0 Å². The van der Waals surface area contributed by atoms with Crippen LogP contribution in [0.2, 0.25) is 0 Å². The van der Waals surface area contributed by atoms with Gasteiger partial charge >= 0.3 is 0 Å². The van der Waals surface area contributed by atoms with Crippen LogP contribution >= 0.6 is 17.1 Å². The summed E-state index contributed by atoms with van der Waals surface area (Å²) in [5.41, 5.74) is 1.53. The first kappa shape index (κ1) is 16.6. The summed E-state index contributed by atoms with van der Waals surface area (Å²) in [6, 6.07) is 12.0. The zero-order valence-electron chi connectivity index (χ0n) is 12.6. The Morgan fingerprint density at radius 3 is 1.76 bits per heavy atom. The maximum absolute atomic E-state index is 10.5. The largest absolute Gasteiger partial charge is 0.436 e. The summed E-state index contributed by atoms with van der Waals surface area (Å²) in [6.07, 6.45) is 0. The second-order valence-corrected chi connectivity index (χ2v) is 11.3. The summed E-state index contributed by atoms with van der Waals surface area (Å²) in [5.74, 6) is 0.634. The normalized spacial score (nSPS) is 13.8. The SMILES string of the molecule is Cc1cc(C)cc(OP(O)(=S)Sc2cc(C)cc(C)c2)c1. The number of hydrogen-bond donors (Lipinski definition) is 1. The molecule has 1 unspecified atom stereocenters. The van der Waals surface area contributed by atoms with E-state index in [1.165, 1.54) is 11.4 Å². The molecule has 0 bridgehead atoms. The smallest absolute Gasteiger partial charge is 0.299 e. The van der Waals surface area contributed by atoms with E-state index < -0.39 is 5.69 Å². The van der Waals surface area contributed by atoms with E-state index in [4.69, 9.17) is 16.3 Å². The van der Waals surface area contributed by atoms with Gasteiger partial charge in [0, 0.05) is 4.90 Å². The lowest BCUT2D eigenvalue weighted by Gasteiger charge is -2.17. The van der Waals surface area contributed by atoms with Crippen LogP contribution in [0.5, 0.6) is 5.75 Å². The molecule has 0 aromatic heterocycles. The van der Waals surface area contributed by atoms with Crippen LogP contribution in [0, 0.1) is 27.7 Å². The van der Waals surface area contributed by atoms with E-state index in [9.17, 15) is 4.89 Å². The molecule has 2 nitrogen and oxygen atoms in total. The third-order valence-electron chi connectivity index (χ3n) is 2.83. The molecule has 2 rings (SSSR count). The molecule has 0 saturated heterocycles. The first-order valence-corrected chi connectivity index (χ1v) is 10.7. The van der Waals surface area contributed by atoms with Gasteiger partial charge in [-0.25, -0.2) is 0 Å². The van der Waals surface area contributed by atoms with Crippen molar-refractivity contribution < 1.29 is 9.42 Å². The van der Waals surface area contributed by atoms with Crippen LogP contribution in [-0.4, -0.2) is 4.89 Å². The van der Waals surface area contributed by atoms with Crippen molar-refractivity contribution in [3.8, 4) is 5.75 Å². The lowest BCUT2D eigenvalue weighted by Crippen LogP contribution is -1.90. The standard InChI is InChI=1S/C16H19O2PS2/c1-11-5-12(2)8-15(7-11)18-19(17,20)21-16-9-13(3)6-14(4)10-16/h5-10H,1-4H3,(H,17,20). The maximum atomic E-state index is 10.5. The van der Waals surface area contributed by atoms with Crippen LogP contribution < -0.4 is 4.52 Å². The Hall–Kier alpha value is -0.800. The third kappa shape index (κ3) is 5.15. The summed E-state index contributed by atoms with van der Waals surface area (Å²) < 4.78 is 5.69. The van der Waals surface area contributed by atoms with E-state index >= 15 is 0 Å². The number of benzene rings is 2. The van der Waals surface area contributed by atoms with Gasteiger partial charge in [-0.3, -0.25) is 0 Å². The average Bonchev–Trinajstić information content (AvgIpc) is 2.23. The summed E-state index contributed by atoms with van der Waals surface area (Å²) in [6.45, 7) is 8.06. The minimum Gasteiger partial charge on any atom is -0.436 e. The molecule has 2 aromatic carbocycles. The van der Waals surface area contributed by atoms with E-state index in [0.29, 0.717) is 5.75 Å². The van der Waals surface area contributed by atoms with Gasteiger partial charge in [0.05, 0.1) is 0 Å². The molecule has 0 heterocycles. The van der Waals surface area contributed by atoms with E-state index in [1.54, 1.807) is 0 Å². The number of hydrogen-bond acceptors (Lipinski definition) is 3. The fraction of sp³-hybridized carbons (Fsp3) is 0.250. The van der Waals surface area contributed by atoms with Crippen molar-refractivity contribution >= 4 is 28.9 Å². The van der Waals surface area contributed by atoms with Crippen LogP contribution in [0.15, 0.2) is 41.3 Å². The predicted molar refractivity (Wildman–Crippen MR) is 94.8 cm³/mol. The van der Waals surface area contributed by atoms with E-state index in [-0.39, 0.29) is 0 Å². The van der Waals surface area contributed by atoms with Crippen LogP contribution in [0.3, 0.4) is 0 Å². The highest BCUT2D eigenvalue weighted by Crippen LogP contribution is 2.59. The minimum atomic E-state index is -2.97. The zero-order valence-corrected chi connectivity index (χ0v) is 15.1. The molecule has 112 valence electrons. The lowest BCUT2D eigenvalue weighted by molar-refractivity contribution is 0.504. The van der Waals surface area contributed by atoms with Crippen LogP contribution in [0.4, 0.5) is 0 Å². The van der Waals surface area contributed by atoms with Crippen molar-refractivity contribution in [2.75, 3.05) is 0 Å². The fourth-order valence-electron chi connectivity index (χ4n) is 2.26. The predicted octanol–water partition coefficient (Wildman–Crippen LogP) is 5.31.